The van der Waals surface area contributed by atoms with Crippen molar-refractivity contribution in [1.29, 1.82) is 0 Å². The number of nitrogens with one attached hydrogen (secondary N) is 2. The molecule has 1 aromatic rings. The van der Waals surface area contributed by atoms with Crippen molar-refractivity contribution < 1.29 is 8.42 Å². The predicted molar refractivity (Wildman–Crippen MR) is 86.1 cm³/mol. The van der Waals surface area contributed by atoms with Crippen LogP contribution in [0.4, 0.5) is 5.69 Å². The Morgan fingerprint density at radius 3 is 2.57 bits per heavy atom. The van der Waals surface area contributed by atoms with Crippen molar-refractivity contribution in [2.45, 2.75) is 37.6 Å². The van der Waals surface area contributed by atoms with E-state index in [1.165, 1.54) is 12.8 Å². The molecule has 1 fully saturated rings. The van der Waals surface area contributed by atoms with Crippen molar-refractivity contribution in [1.82, 2.24) is 9.62 Å². The van der Waals surface area contributed by atoms with Gasteiger partial charge < -0.3 is 10.2 Å². The standard InChI is InChI=1S/C15H25N3O2S/c1-3-16-14-8-4-5-9-15(14)21(19,20)17-13(2)12-18-10-6-7-11-18/h4-5,8-9,13,16-17H,3,6-7,10-12H2,1-2H3. The van der Waals surface area contributed by atoms with Crippen LogP contribution in [0.1, 0.15) is 26.7 Å². The van der Waals surface area contributed by atoms with Crippen LogP contribution in [0.25, 0.3) is 0 Å². The van der Waals surface area contributed by atoms with Crippen molar-refractivity contribution in [2.75, 3.05) is 31.5 Å². The lowest BCUT2D eigenvalue weighted by molar-refractivity contribution is 0.313. The van der Waals surface area contributed by atoms with Gasteiger partial charge in [-0.1, -0.05) is 12.1 Å². The van der Waals surface area contributed by atoms with Gasteiger partial charge in [-0.15, -0.1) is 0 Å². The van der Waals surface area contributed by atoms with Crippen LogP contribution >= 0.6 is 0 Å². The number of hydrogen-bond donors (Lipinski definition) is 2. The van der Waals surface area contributed by atoms with Crippen LogP contribution in [-0.4, -0.2) is 45.5 Å². The Balaban J connectivity index is 2.06. The molecule has 2 N–H and O–H groups in total. The highest BCUT2D eigenvalue weighted by Gasteiger charge is 2.22. The van der Waals surface area contributed by atoms with Crippen LogP contribution in [0.2, 0.25) is 0 Å². The average Bonchev–Trinajstić information content (AvgIpc) is 2.91. The zero-order valence-corrected chi connectivity index (χ0v) is 13.6. The van der Waals surface area contributed by atoms with E-state index in [0.29, 0.717) is 17.1 Å². The van der Waals surface area contributed by atoms with Gasteiger partial charge in [0.05, 0.1) is 5.69 Å². The third-order valence-electron chi connectivity index (χ3n) is 3.63. The van der Waals surface area contributed by atoms with Crippen LogP contribution < -0.4 is 10.0 Å². The fraction of sp³-hybridized carbons (Fsp3) is 0.600. The van der Waals surface area contributed by atoms with Gasteiger partial charge in [-0.25, -0.2) is 13.1 Å². The summed E-state index contributed by atoms with van der Waals surface area (Å²) in [6.07, 6.45) is 2.42. The minimum absolute atomic E-state index is 0.0946. The summed E-state index contributed by atoms with van der Waals surface area (Å²) in [6.45, 7) is 7.47. The first-order chi connectivity index (χ1) is 10.0. The van der Waals surface area contributed by atoms with Crippen LogP contribution in [0.3, 0.4) is 0 Å². The van der Waals surface area contributed by atoms with Crippen LogP contribution in [0.5, 0.6) is 0 Å². The molecule has 1 heterocycles. The molecule has 21 heavy (non-hydrogen) atoms. The van der Waals surface area contributed by atoms with Crippen molar-refractivity contribution in [3.8, 4) is 0 Å². The molecule has 1 atom stereocenters. The fourth-order valence-corrected chi connectivity index (χ4v) is 4.17. The predicted octanol–water partition coefficient (Wildman–Crippen LogP) is 1.88. The summed E-state index contributed by atoms with van der Waals surface area (Å²) in [5.74, 6) is 0. The fourth-order valence-electron chi connectivity index (χ4n) is 2.76. The number of hydrogen-bond acceptors (Lipinski definition) is 4. The summed E-state index contributed by atoms with van der Waals surface area (Å²) in [5.41, 5.74) is 0.654. The van der Waals surface area contributed by atoms with Crippen molar-refractivity contribution in [3.63, 3.8) is 0 Å². The quantitative estimate of drug-likeness (QED) is 0.807. The molecular formula is C15H25N3O2S. The summed E-state index contributed by atoms with van der Waals surface area (Å²) < 4.78 is 27.9. The molecule has 5 nitrogen and oxygen atoms in total. The Morgan fingerprint density at radius 1 is 1.24 bits per heavy atom. The minimum atomic E-state index is -3.49. The largest absolute Gasteiger partial charge is 0.384 e. The second-order valence-corrected chi connectivity index (χ2v) is 7.24. The van der Waals surface area contributed by atoms with E-state index in [2.05, 4.69) is 14.9 Å². The SMILES string of the molecule is CCNc1ccccc1S(=O)(=O)NC(C)CN1CCCC1. The summed E-state index contributed by atoms with van der Waals surface area (Å²) in [7, 11) is -3.49. The maximum absolute atomic E-state index is 12.5. The van der Waals surface area contributed by atoms with Gasteiger partial charge in [-0.2, -0.15) is 0 Å². The van der Waals surface area contributed by atoms with E-state index in [4.69, 9.17) is 0 Å². The number of sulfonamides is 1. The highest BCUT2D eigenvalue weighted by molar-refractivity contribution is 7.89. The average molecular weight is 311 g/mol. The molecule has 0 saturated carbocycles. The molecule has 0 aliphatic carbocycles. The van der Waals surface area contributed by atoms with Gasteiger partial charge in [-0.3, -0.25) is 0 Å². The lowest BCUT2D eigenvalue weighted by Gasteiger charge is -2.21. The monoisotopic (exact) mass is 311 g/mol. The van der Waals surface area contributed by atoms with E-state index in [1.807, 2.05) is 19.9 Å². The molecule has 2 rings (SSSR count). The molecule has 1 saturated heterocycles. The molecular weight excluding hydrogens is 286 g/mol. The molecule has 6 heteroatoms. The van der Waals surface area contributed by atoms with Gasteiger partial charge in [-0.05, 0) is 51.9 Å². The molecule has 0 amide bonds. The number of para-hydroxylation sites is 1. The van der Waals surface area contributed by atoms with Gasteiger partial charge in [0.15, 0.2) is 0 Å². The number of likely N-dealkylation sites (tertiary alicyclic amines) is 1. The summed E-state index contributed by atoms with van der Waals surface area (Å²) in [6, 6.07) is 6.93. The van der Waals surface area contributed by atoms with Crippen LogP contribution in [0.15, 0.2) is 29.2 Å². The summed E-state index contributed by atoms with van der Waals surface area (Å²) in [5, 5.41) is 3.10. The first-order valence-corrected chi connectivity index (χ1v) is 9.09. The van der Waals surface area contributed by atoms with Crippen molar-refractivity contribution in [2.24, 2.45) is 0 Å². The van der Waals surface area contributed by atoms with E-state index in [0.717, 1.165) is 19.6 Å². The van der Waals surface area contributed by atoms with E-state index >= 15 is 0 Å². The first-order valence-electron chi connectivity index (χ1n) is 7.60. The number of rotatable bonds is 7. The maximum Gasteiger partial charge on any atom is 0.242 e. The van der Waals surface area contributed by atoms with Gasteiger partial charge in [0.1, 0.15) is 4.90 Å². The molecule has 0 bridgehead atoms. The maximum atomic E-state index is 12.5. The first kappa shape index (κ1) is 16.3. The molecule has 0 spiro atoms. The second-order valence-electron chi connectivity index (χ2n) is 5.56. The minimum Gasteiger partial charge on any atom is -0.384 e. The Kier molecular flexibility index (Phi) is 5.61. The highest BCUT2D eigenvalue weighted by atomic mass is 32.2. The number of nitrogens with zero attached hydrogens (tertiary/aromatic N) is 1. The molecule has 1 unspecified atom stereocenters. The Bertz CT molecular complexity index is 554. The van der Waals surface area contributed by atoms with Gasteiger partial charge in [0.25, 0.3) is 0 Å². The van der Waals surface area contributed by atoms with Crippen molar-refractivity contribution in [3.05, 3.63) is 24.3 Å². The van der Waals surface area contributed by atoms with E-state index in [-0.39, 0.29) is 6.04 Å². The lowest BCUT2D eigenvalue weighted by atomic mass is 10.3. The zero-order valence-electron chi connectivity index (χ0n) is 12.8. The Morgan fingerprint density at radius 2 is 1.90 bits per heavy atom. The third kappa shape index (κ3) is 4.43. The van der Waals surface area contributed by atoms with E-state index in [1.54, 1.807) is 18.2 Å². The molecule has 118 valence electrons. The van der Waals surface area contributed by atoms with E-state index in [9.17, 15) is 8.42 Å². The molecule has 1 aromatic carbocycles. The van der Waals surface area contributed by atoms with Gasteiger partial charge in [0, 0.05) is 19.1 Å². The Labute approximate surface area is 127 Å². The summed E-state index contributed by atoms with van der Waals surface area (Å²) >= 11 is 0. The third-order valence-corrected chi connectivity index (χ3v) is 5.28. The lowest BCUT2D eigenvalue weighted by Crippen LogP contribution is -2.41. The van der Waals surface area contributed by atoms with Gasteiger partial charge in [0.2, 0.25) is 10.0 Å². The summed E-state index contributed by atoms with van der Waals surface area (Å²) in [4.78, 5) is 2.63. The zero-order chi connectivity index (χ0) is 15.3. The normalized spacial score (nSPS) is 17.8. The molecule has 1 aliphatic heterocycles. The molecule has 0 aromatic heterocycles. The smallest absolute Gasteiger partial charge is 0.242 e. The van der Waals surface area contributed by atoms with Crippen molar-refractivity contribution >= 4 is 15.7 Å². The highest BCUT2D eigenvalue weighted by Crippen LogP contribution is 2.21. The Hall–Kier alpha value is -1.11. The topological polar surface area (TPSA) is 61.4 Å². The van der Waals surface area contributed by atoms with Crippen LogP contribution in [-0.2, 0) is 10.0 Å². The number of benzene rings is 1. The van der Waals surface area contributed by atoms with Crippen LogP contribution in [0, 0.1) is 0 Å². The van der Waals surface area contributed by atoms with E-state index < -0.39 is 10.0 Å². The molecule has 1 aliphatic rings. The van der Waals surface area contributed by atoms with Gasteiger partial charge >= 0.3 is 0 Å². The number of anilines is 1. The second kappa shape index (κ2) is 7.24. The molecule has 0 radical (unpaired) electrons.